The molecule has 0 aliphatic carbocycles. The van der Waals surface area contributed by atoms with Gasteiger partial charge >= 0.3 is 6.09 Å². The maximum Gasteiger partial charge on any atom is 0.405 e. The highest BCUT2D eigenvalue weighted by Crippen LogP contribution is 2.31. The number of nitrogens with zero attached hydrogens (tertiary/aromatic N) is 2. The number of rotatable bonds is 6. The second-order valence-corrected chi connectivity index (χ2v) is 8.70. The SMILES string of the molecule is C[C@H](CC(NC(=O)O)c1nc2ccc(-c3ccncc3)cc2[nH]1)CC(C)(C)C. The fraction of sp³-hybridized carbons (Fsp3) is 0.409. The minimum absolute atomic E-state index is 0.195. The van der Waals surface area contributed by atoms with Crippen LogP contribution in [0.2, 0.25) is 0 Å². The third-order valence-electron chi connectivity index (χ3n) is 4.74. The van der Waals surface area contributed by atoms with Crippen LogP contribution in [0.15, 0.2) is 42.7 Å². The molecule has 0 bridgehead atoms. The van der Waals surface area contributed by atoms with Crippen molar-refractivity contribution in [2.75, 3.05) is 0 Å². The van der Waals surface area contributed by atoms with E-state index in [1.807, 2.05) is 30.3 Å². The normalized spacial score (nSPS) is 14.0. The highest BCUT2D eigenvalue weighted by Gasteiger charge is 2.24. The van der Waals surface area contributed by atoms with Gasteiger partial charge in [-0.1, -0.05) is 33.8 Å². The van der Waals surface area contributed by atoms with Crippen molar-refractivity contribution in [2.45, 2.75) is 46.6 Å². The Morgan fingerprint density at radius 3 is 2.54 bits per heavy atom. The van der Waals surface area contributed by atoms with Crippen LogP contribution in [-0.4, -0.2) is 26.2 Å². The summed E-state index contributed by atoms with van der Waals surface area (Å²) in [5.74, 6) is 1.02. The van der Waals surface area contributed by atoms with Gasteiger partial charge in [-0.25, -0.2) is 9.78 Å². The highest BCUT2D eigenvalue weighted by molar-refractivity contribution is 5.82. The summed E-state index contributed by atoms with van der Waals surface area (Å²) >= 11 is 0. The summed E-state index contributed by atoms with van der Waals surface area (Å²) in [4.78, 5) is 23.4. The van der Waals surface area contributed by atoms with Crippen LogP contribution in [0.4, 0.5) is 4.79 Å². The molecule has 1 aromatic carbocycles. The molecule has 0 aliphatic rings. The standard InChI is InChI=1S/C22H28N4O2/c1-14(13-22(2,3)4)11-19(26-21(27)28)20-24-17-6-5-16(12-18(17)25-20)15-7-9-23-10-8-15/h5-10,12,14,19,26H,11,13H2,1-4H3,(H,24,25)(H,27,28)/t14-,19?/m1/s1. The smallest absolute Gasteiger partial charge is 0.405 e. The largest absolute Gasteiger partial charge is 0.465 e. The number of imidazole rings is 1. The van der Waals surface area contributed by atoms with Crippen LogP contribution in [0.3, 0.4) is 0 Å². The maximum atomic E-state index is 11.3. The van der Waals surface area contributed by atoms with E-state index in [1.54, 1.807) is 12.4 Å². The Morgan fingerprint density at radius 2 is 1.89 bits per heavy atom. The summed E-state index contributed by atoms with van der Waals surface area (Å²) in [6.07, 6.45) is 4.20. The van der Waals surface area contributed by atoms with Gasteiger partial charge in [-0.2, -0.15) is 0 Å². The number of fused-ring (bicyclic) bond motifs is 1. The van der Waals surface area contributed by atoms with Gasteiger partial charge in [-0.05, 0) is 59.6 Å². The number of aromatic amines is 1. The quantitative estimate of drug-likeness (QED) is 0.534. The van der Waals surface area contributed by atoms with E-state index < -0.39 is 6.09 Å². The third-order valence-corrected chi connectivity index (χ3v) is 4.74. The molecule has 3 rings (SSSR count). The van der Waals surface area contributed by atoms with Gasteiger partial charge in [0, 0.05) is 12.4 Å². The van der Waals surface area contributed by atoms with Crippen molar-refractivity contribution < 1.29 is 9.90 Å². The van der Waals surface area contributed by atoms with E-state index in [0.717, 1.165) is 28.6 Å². The number of carboxylic acid groups (broad SMARTS) is 1. The van der Waals surface area contributed by atoms with Gasteiger partial charge in [0.25, 0.3) is 0 Å². The molecule has 3 aromatic rings. The van der Waals surface area contributed by atoms with Gasteiger partial charge in [0.1, 0.15) is 5.82 Å². The Kier molecular flexibility index (Phi) is 5.68. The second kappa shape index (κ2) is 8.00. The first-order valence-electron chi connectivity index (χ1n) is 9.61. The lowest BCUT2D eigenvalue weighted by Gasteiger charge is -2.26. The van der Waals surface area contributed by atoms with Crippen LogP contribution in [0.1, 0.15) is 52.4 Å². The van der Waals surface area contributed by atoms with Gasteiger partial charge < -0.3 is 15.4 Å². The predicted octanol–water partition coefficient (Wildman–Crippen LogP) is 5.40. The number of benzene rings is 1. The summed E-state index contributed by atoms with van der Waals surface area (Å²) in [6, 6.07) is 9.57. The van der Waals surface area contributed by atoms with E-state index in [-0.39, 0.29) is 11.5 Å². The van der Waals surface area contributed by atoms with Gasteiger partial charge in [-0.3, -0.25) is 4.98 Å². The number of pyridine rings is 1. The third kappa shape index (κ3) is 5.09. The fourth-order valence-corrected chi connectivity index (χ4v) is 3.84. The average Bonchev–Trinajstić information content (AvgIpc) is 3.03. The first kappa shape index (κ1) is 19.9. The summed E-state index contributed by atoms with van der Waals surface area (Å²) in [5.41, 5.74) is 4.06. The molecule has 6 heteroatoms. The van der Waals surface area contributed by atoms with Crippen molar-refractivity contribution in [3.8, 4) is 11.1 Å². The molecule has 3 N–H and O–H groups in total. The van der Waals surface area contributed by atoms with Crippen LogP contribution in [0, 0.1) is 11.3 Å². The van der Waals surface area contributed by atoms with Gasteiger partial charge in [0.15, 0.2) is 0 Å². The van der Waals surface area contributed by atoms with Gasteiger partial charge in [0.2, 0.25) is 0 Å². The number of carbonyl (C=O) groups is 1. The van der Waals surface area contributed by atoms with E-state index in [0.29, 0.717) is 18.2 Å². The van der Waals surface area contributed by atoms with Crippen LogP contribution in [0.25, 0.3) is 22.2 Å². The van der Waals surface area contributed by atoms with Crippen LogP contribution >= 0.6 is 0 Å². The van der Waals surface area contributed by atoms with Crippen LogP contribution < -0.4 is 5.32 Å². The lowest BCUT2D eigenvalue weighted by Crippen LogP contribution is -2.29. The number of hydrogen-bond acceptors (Lipinski definition) is 3. The van der Waals surface area contributed by atoms with Crippen molar-refractivity contribution >= 4 is 17.1 Å². The summed E-state index contributed by atoms with van der Waals surface area (Å²) in [6.45, 7) is 8.76. The molecule has 0 fully saturated rings. The first-order valence-corrected chi connectivity index (χ1v) is 9.61. The molecule has 6 nitrogen and oxygen atoms in total. The Balaban J connectivity index is 1.88. The van der Waals surface area contributed by atoms with E-state index in [9.17, 15) is 9.90 Å². The topological polar surface area (TPSA) is 90.9 Å². The van der Waals surface area contributed by atoms with Crippen LogP contribution in [-0.2, 0) is 0 Å². The summed E-state index contributed by atoms with van der Waals surface area (Å²) in [5, 5.41) is 11.9. The first-order chi connectivity index (χ1) is 13.2. The molecule has 0 saturated heterocycles. The molecule has 1 amide bonds. The Hall–Kier alpha value is -2.89. The minimum atomic E-state index is -1.04. The minimum Gasteiger partial charge on any atom is -0.465 e. The van der Waals surface area contributed by atoms with E-state index in [2.05, 4.69) is 48.0 Å². The van der Waals surface area contributed by atoms with E-state index in [1.165, 1.54) is 0 Å². The maximum absolute atomic E-state index is 11.3. The molecule has 28 heavy (non-hydrogen) atoms. The van der Waals surface area contributed by atoms with Crippen molar-refractivity contribution in [1.82, 2.24) is 20.3 Å². The predicted molar refractivity (Wildman–Crippen MR) is 111 cm³/mol. The molecule has 0 radical (unpaired) electrons. The van der Waals surface area contributed by atoms with E-state index in [4.69, 9.17) is 0 Å². The highest BCUT2D eigenvalue weighted by atomic mass is 16.4. The zero-order valence-corrected chi connectivity index (χ0v) is 16.9. The molecular weight excluding hydrogens is 352 g/mol. The number of aromatic nitrogens is 3. The monoisotopic (exact) mass is 380 g/mol. The summed E-state index contributed by atoms with van der Waals surface area (Å²) in [7, 11) is 0. The molecule has 0 aliphatic heterocycles. The van der Waals surface area contributed by atoms with Crippen LogP contribution in [0.5, 0.6) is 0 Å². The van der Waals surface area contributed by atoms with E-state index >= 15 is 0 Å². The fourth-order valence-electron chi connectivity index (χ4n) is 3.84. The van der Waals surface area contributed by atoms with Gasteiger partial charge in [-0.15, -0.1) is 0 Å². The number of hydrogen-bond donors (Lipinski definition) is 3. The zero-order valence-electron chi connectivity index (χ0n) is 16.9. The Morgan fingerprint density at radius 1 is 1.18 bits per heavy atom. The van der Waals surface area contributed by atoms with Gasteiger partial charge in [0.05, 0.1) is 17.1 Å². The number of H-pyrrole nitrogens is 1. The molecule has 2 heterocycles. The molecule has 2 atom stereocenters. The van der Waals surface area contributed by atoms with Crippen molar-refractivity contribution in [1.29, 1.82) is 0 Å². The molecular formula is C22H28N4O2. The van der Waals surface area contributed by atoms with Crippen molar-refractivity contribution in [3.63, 3.8) is 0 Å². The molecule has 148 valence electrons. The Labute approximate surface area is 165 Å². The average molecular weight is 380 g/mol. The molecule has 0 spiro atoms. The van der Waals surface area contributed by atoms with Crippen molar-refractivity contribution in [3.05, 3.63) is 48.5 Å². The molecule has 1 unspecified atom stereocenters. The lowest BCUT2D eigenvalue weighted by atomic mass is 9.83. The Bertz CT molecular complexity index is 944. The summed E-state index contributed by atoms with van der Waals surface area (Å²) < 4.78 is 0. The second-order valence-electron chi connectivity index (χ2n) is 8.70. The lowest BCUT2D eigenvalue weighted by molar-refractivity contribution is 0.185. The molecule has 2 aromatic heterocycles. The van der Waals surface area contributed by atoms with Crippen molar-refractivity contribution in [2.24, 2.45) is 11.3 Å². The zero-order chi connectivity index (χ0) is 20.3. The number of amides is 1. The molecule has 0 saturated carbocycles. The number of nitrogens with one attached hydrogen (secondary N) is 2.